The number of rotatable bonds is 7. The zero-order valence-electron chi connectivity index (χ0n) is 16.4. The number of aromatic amines is 1. The fourth-order valence-electron chi connectivity index (χ4n) is 3.24. The number of ether oxygens (including phenoxy) is 1. The molecule has 3 rings (SSSR count). The smallest absolute Gasteiger partial charge is 0.418 e. The van der Waals surface area contributed by atoms with Crippen LogP contribution in [0.4, 0.5) is 28.9 Å². The number of hydrogen-bond acceptors (Lipinski definition) is 4. The summed E-state index contributed by atoms with van der Waals surface area (Å²) >= 11 is 0. The van der Waals surface area contributed by atoms with Crippen LogP contribution in [-0.2, 0) is 10.9 Å². The molecule has 2 N–H and O–H groups in total. The SMILES string of the molecule is CCN(CCOC)c1ccc(N=Cc2c(O)[nH]c3cccc(F)c23)cc1C(F)(F)F. The highest BCUT2D eigenvalue weighted by atomic mass is 19.4. The maximum absolute atomic E-state index is 14.1. The summed E-state index contributed by atoms with van der Waals surface area (Å²) in [6, 6.07) is 8.01. The van der Waals surface area contributed by atoms with Crippen molar-refractivity contribution in [3.8, 4) is 5.88 Å². The summed E-state index contributed by atoms with van der Waals surface area (Å²) < 4.78 is 60.2. The first kappa shape index (κ1) is 21.6. The summed E-state index contributed by atoms with van der Waals surface area (Å²) in [5, 5.41) is 10.2. The van der Waals surface area contributed by atoms with Crippen LogP contribution in [0.2, 0.25) is 0 Å². The van der Waals surface area contributed by atoms with Gasteiger partial charge in [-0.25, -0.2) is 4.39 Å². The molecule has 0 amide bonds. The van der Waals surface area contributed by atoms with Crippen LogP contribution in [-0.4, -0.2) is 43.1 Å². The van der Waals surface area contributed by atoms with E-state index < -0.39 is 17.6 Å². The van der Waals surface area contributed by atoms with Gasteiger partial charge in [-0.15, -0.1) is 0 Å². The van der Waals surface area contributed by atoms with Crippen molar-refractivity contribution in [1.29, 1.82) is 0 Å². The standard InChI is InChI=1S/C21H21F4N3O2/c1-3-28(9-10-30-2)18-8-7-13(11-15(18)21(23,24)25)26-12-14-19-16(22)5-4-6-17(19)27-20(14)29/h4-8,11-12,27,29H,3,9-10H2,1-2H3. The number of alkyl halides is 3. The molecule has 0 unspecified atom stereocenters. The lowest BCUT2D eigenvalue weighted by atomic mass is 10.1. The molecule has 0 atom stereocenters. The summed E-state index contributed by atoms with van der Waals surface area (Å²) in [6.07, 6.45) is -3.44. The number of anilines is 1. The van der Waals surface area contributed by atoms with Gasteiger partial charge < -0.3 is 19.7 Å². The molecule has 9 heteroatoms. The number of nitrogens with zero attached hydrogens (tertiary/aromatic N) is 2. The van der Waals surface area contributed by atoms with Crippen molar-refractivity contribution in [2.24, 2.45) is 4.99 Å². The Morgan fingerprint density at radius 1 is 1.23 bits per heavy atom. The van der Waals surface area contributed by atoms with Gasteiger partial charge in [0.05, 0.1) is 28.9 Å². The lowest BCUT2D eigenvalue weighted by molar-refractivity contribution is -0.137. The van der Waals surface area contributed by atoms with E-state index >= 15 is 0 Å². The molecule has 0 fully saturated rings. The molecular formula is C21H21F4N3O2. The Hall–Kier alpha value is -3.07. The molecule has 5 nitrogen and oxygen atoms in total. The van der Waals surface area contributed by atoms with Crippen molar-refractivity contribution in [2.45, 2.75) is 13.1 Å². The molecule has 0 radical (unpaired) electrons. The molecule has 1 aromatic heterocycles. The van der Waals surface area contributed by atoms with Crippen LogP contribution in [0.3, 0.4) is 0 Å². The number of nitrogens with one attached hydrogen (secondary N) is 1. The third-order valence-corrected chi connectivity index (χ3v) is 4.71. The van der Waals surface area contributed by atoms with E-state index in [1.807, 2.05) is 0 Å². The number of likely N-dealkylation sites (N-methyl/N-ethyl adjacent to an activating group) is 1. The Balaban J connectivity index is 2.01. The Morgan fingerprint density at radius 2 is 2.00 bits per heavy atom. The van der Waals surface area contributed by atoms with Crippen molar-refractivity contribution >= 4 is 28.5 Å². The zero-order valence-corrected chi connectivity index (χ0v) is 16.4. The van der Waals surface area contributed by atoms with Crippen LogP contribution < -0.4 is 4.90 Å². The number of H-pyrrole nitrogens is 1. The predicted molar refractivity (Wildman–Crippen MR) is 108 cm³/mol. The molecule has 0 saturated heterocycles. The van der Waals surface area contributed by atoms with Crippen molar-refractivity contribution in [3.63, 3.8) is 0 Å². The van der Waals surface area contributed by atoms with E-state index in [2.05, 4.69) is 9.98 Å². The van der Waals surface area contributed by atoms with E-state index in [9.17, 15) is 22.7 Å². The molecule has 30 heavy (non-hydrogen) atoms. The molecule has 0 bridgehead atoms. The minimum atomic E-state index is -4.59. The largest absolute Gasteiger partial charge is 0.494 e. The lowest BCUT2D eigenvalue weighted by Gasteiger charge is -2.26. The van der Waals surface area contributed by atoms with Gasteiger partial charge in [0.2, 0.25) is 0 Å². The number of methoxy groups -OCH3 is 1. The number of halogens is 4. The Labute approximate surface area is 170 Å². The minimum Gasteiger partial charge on any atom is -0.494 e. The average molecular weight is 423 g/mol. The van der Waals surface area contributed by atoms with Gasteiger partial charge in [0.1, 0.15) is 5.82 Å². The molecule has 0 aliphatic carbocycles. The second-order valence-corrected chi connectivity index (χ2v) is 6.58. The maximum Gasteiger partial charge on any atom is 0.418 e. The molecule has 160 valence electrons. The summed E-state index contributed by atoms with van der Waals surface area (Å²) in [6.45, 7) is 2.73. The van der Waals surface area contributed by atoms with E-state index in [1.54, 1.807) is 17.9 Å². The molecule has 2 aromatic carbocycles. The average Bonchev–Trinajstić information content (AvgIpc) is 3.03. The Kier molecular flexibility index (Phi) is 6.31. The van der Waals surface area contributed by atoms with Crippen molar-refractivity contribution in [2.75, 3.05) is 31.7 Å². The molecule has 0 saturated carbocycles. The number of hydrogen-bond donors (Lipinski definition) is 2. The second-order valence-electron chi connectivity index (χ2n) is 6.58. The molecule has 0 aliphatic heterocycles. The number of fused-ring (bicyclic) bond motifs is 1. The van der Waals surface area contributed by atoms with Gasteiger partial charge in [-0.05, 0) is 37.3 Å². The highest BCUT2D eigenvalue weighted by Gasteiger charge is 2.35. The van der Waals surface area contributed by atoms with Crippen LogP contribution in [0, 0.1) is 5.82 Å². The van der Waals surface area contributed by atoms with Gasteiger partial charge in [0, 0.05) is 37.5 Å². The van der Waals surface area contributed by atoms with E-state index in [0.717, 1.165) is 12.3 Å². The first-order valence-corrected chi connectivity index (χ1v) is 9.24. The van der Waals surface area contributed by atoms with Crippen molar-refractivity contribution in [1.82, 2.24) is 4.98 Å². The van der Waals surface area contributed by atoms with E-state index in [0.29, 0.717) is 18.6 Å². The number of aromatic nitrogens is 1. The first-order chi connectivity index (χ1) is 14.3. The first-order valence-electron chi connectivity index (χ1n) is 9.24. The van der Waals surface area contributed by atoms with Gasteiger partial charge in [-0.3, -0.25) is 4.99 Å². The third kappa shape index (κ3) is 4.40. The van der Waals surface area contributed by atoms with Crippen LogP contribution in [0.15, 0.2) is 41.4 Å². The summed E-state index contributed by atoms with van der Waals surface area (Å²) in [7, 11) is 1.49. The second kappa shape index (κ2) is 8.74. The van der Waals surface area contributed by atoms with Gasteiger partial charge >= 0.3 is 6.18 Å². The van der Waals surface area contributed by atoms with Crippen molar-refractivity contribution < 1.29 is 27.4 Å². The summed E-state index contributed by atoms with van der Waals surface area (Å²) in [5.74, 6) is -0.892. The quantitative estimate of drug-likeness (QED) is 0.403. The van der Waals surface area contributed by atoms with Gasteiger partial charge in [0.25, 0.3) is 0 Å². The van der Waals surface area contributed by atoms with Crippen LogP contribution in [0.1, 0.15) is 18.1 Å². The fourth-order valence-corrected chi connectivity index (χ4v) is 3.24. The van der Waals surface area contributed by atoms with Gasteiger partial charge in [-0.2, -0.15) is 13.2 Å². The highest BCUT2D eigenvalue weighted by molar-refractivity contribution is 6.02. The van der Waals surface area contributed by atoms with E-state index in [4.69, 9.17) is 4.74 Å². The van der Waals surface area contributed by atoms with Crippen LogP contribution >= 0.6 is 0 Å². The monoisotopic (exact) mass is 423 g/mol. The van der Waals surface area contributed by atoms with Crippen LogP contribution in [0.25, 0.3) is 10.9 Å². The Bertz CT molecular complexity index is 1060. The van der Waals surface area contributed by atoms with Crippen molar-refractivity contribution in [3.05, 3.63) is 53.3 Å². The molecule has 0 spiro atoms. The lowest BCUT2D eigenvalue weighted by Crippen LogP contribution is -2.29. The minimum absolute atomic E-state index is 0.0268. The Morgan fingerprint density at radius 3 is 2.67 bits per heavy atom. The number of benzene rings is 2. The topological polar surface area (TPSA) is 60.9 Å². The van der Waals surface area contributed by atoms with E-state index in [1.165, 1.54) is 31.4 Å². The molecular weight excluding hydrogens is 402 g/mol. The van der Waals surface area contributed by atoms with Gasteiger partial charge in [0.15, 0.2) is 5.88 Å². The zero-order chi connectivity index (χ0) is 21.9. The van der Waals surface area contributed by atoms with Crippen LogP contribution in [0.5, 0.6) is 5.88 Å². The normalized spacial score (nSPS) is 12.2. The number of aliphatic imine (C=N–C) groups is 1. The molecule has 1 heterocycles. The third-order valence-electron chi connectivity index (χ3n) is 4.71. The highest BCUT2D eigenvalue weighted by Crippen LogP contribution is 2.39. The molecule has 3 aromatic rings. The summed E-state index contributed by atoms with van der Waals surface area (Å²) in [4.78, 5) is 8.24. The van der Waals surface area contributed by atoms with Gasteiger partial charge in [-0.1, -0.05) is 6.07 Å². The number of aromatic hydroxyl groups is 1. The predicted octanol–water partition coefficient (Wildman–Crippen LogP) is 5.25. The fraction of sp³-hybridized carbons (Fsp3) is 0.286. The van der Waals surface area contributed by atoms with E-state index in [-0.39, 0.29) is 34.8 Å². The maximum atomic E-state index is 14.1. The summed E-state index contributed by atoms with van der Waals surface area (Å²) in [5.41, 5.74) is -0.349. The molecule has 0 aliphatic rings.